The van der Waals surface area contributed by atoms with Gasteiger partial charge in [0.15, 0.2) is 17.1 Å². The topological polar surface area (TPSA) is 39.9 Å². The van der Waals surface area contributed by atoms with Crippen molar-refractivity contribution >= 4 is 35.0 Å². The van der Waals surface area contributed by atoms with Gasteiger partial charge in [-0.15, -0.1) is 10.2 Å². The Bertz CT molecular complexity index is 976. The van der Waals surface area contributed by atoms with E-state index in [1.165, 1.54) is 5.56 Å². The summed E-state index contributed by atoms with van der Waals surface area (Å²) in [6.45, 7) is 11.4. The molecule has 7 heteroatoms. The van der Waals surface area contributed by atoms with Crippen molar-refractivity contribution < 1.29 is 4.74 Å². The average molecular weight is 464 g/mol. The molecular formula is C23H27Cl2N3OS. The molecular weight excluding hydrogens is 437 g/mol. The minimum absolute atomic E-state index is 0.114. The van der Waals surface area contributed by atoms with Crippen LogP contribution in [-0.4, -0.2) is 14.8 Å². The molecule has 0 radical (unpaired) electrons. The predicted molar refractivity (Wildman–Crippen MR) is 126 cm³/mol. The third-order valence-corrected chi connectivity index (χ3v) is 6.57. The molecule has 1 heterocycles. The Morgan fingerprint density at radius 2 is 1.67 bits per heavy atom. The normalized spacial score (nSPS) is 12.8. The highest BCUT2D eigenvalue weighted by Crippen LogP contribution is 2.32. The molecule has 160 valence electrons. The summed E-state index contributed by atoms with van der Waals surface area (Å²) in [4.78, 5) is 0. The van der Waals surface area contributed by atoms with Crippen LogP contribution in [0.3, 0.4) is 0 Å². The van der Waals surface area contributed by atoms with E-state index in [9.17, 15) is 0 Å². The Balaban J connectivity index is 1.73. The van der Waals surface area contributed by atoms with E-state index in [1.807, 2.05) is 37.3 Å². The molecule has 4 nitrogen and oxygen atoms in total. The summed E-state index contributed by atoms with van der Waals surface area (Å²) in [5.41, 5.74) is 2.29. The minimum atomic E-state index is -0.226. The van der Waals surface area contributed by atoms with E-state index >= 15 is 0 Å². The molecule has 1 unspecified atom stereocenters. The van der Waals surface area contributed by atoms with Crippen LogP contribution in [0.2, 0.25) is 10.0 Å². The highest BCUT2D eigenvalue weighted by Gasteiger charge is 2.20. The molecule has 1 atom stereocenters. The fourth-order valence-electron chi connectivity index (χ4n) is 3.10. The highest BCUT2D eigenvalue weighted by molar-refractivity contribution is 7.98. The van der Waals surface area contributed by atoms with Gasteiger partial charge >= 0.3 is 0 Å². The molecule has 1 aromatic heterocycles. The number of halogens is 2. The van der Waals surface area contributed by atoms with Gasteiger partial charge in [-0.25, -0.2) is 0 Å². The Kier molecular flexibility index (Phi) is 7.38. The maximum atomic E-state index is 6.29. The summed E-state index contributed by atoms with van der Waals surface area (Å²) in [7, 11) is 0. The largest absolute Gasteiger partial charge is 0.483 e. The molecule has 0 spiro atoms. The lowest BCUT2D eigenvalue weighted by molar-refractivity contribution is 0.210. The lowest BCUT2D eigenvalue weighted by atomic mass is 9.87. The van der Waals surface area contributed by atoms with Crippen molar-refractivity contribution in [2.75, 3.05) is 0 Å². The van der Waals surface area contributed by atoms with Gasteiger partial charge in [0, 0.05) is 22.3 Å². The summed E-state index contributed by atoms with van der Waals surface area (Å²) in [5, 5.41) is 10.9. The van der Waals surface area contributed by atoms with E-state index in [4.69, 9.17) is 27.9 Å². The molecule has 3 aromatic rings. The molecule has 0 amide bonds. The van der Waals surface area contributed by atoms with Crippen molar-refractivity contribution in [3.8, 4) is 5.75 Å². The third kappa shape index (κ3) is 5.32. The van der Waals surface area contributed by atoms with Crippen LogP contribution in [0, 0.1) is 0 Å². The Morgan fingerprint density at radius 3 is 2.23 bits per heavy atom. The van der Waals surface area contributed by atoms with Gasteiger partial charge in [-0.1, -0.05) is 73.9 Å². The summed E-state index contributed by atoms with van der Waals surface area (Å²) in [6.07, 6.45) is -0.226. The molecule has 2 aromatic carbocycles. The number of nitrogens with zero attached hydrogens (tertiary/aromatic N) is 3. The van der Waals surface area contributed by atoms with Crippen LogP contribution < -0.4 is 4.74 Å². The Labute approximate surface area is 193 Å². The zero-order valence-electron chi connectivity index (χ0n) is 17.9. The second-order valence-electron chi connectivity index (χ2n) is 8.11. The van der Waals surface area contributed by atoms with Crippen LogP contribution in [0.15, 0.2) is 47.6 Å². The standard InChI is InChI=1S/C23H27Cl2N3OS/c1-6-28-21(15(2)29-17-12-10-16(11-13-17)23(3,4)5)26-27-22(28)30-14-18-19(24)8-7-9-20(18)25/h7-13,15H,6,14H2,1-5H3. The Morgan fingerprint density at radius 1 is 1.03 bits per heavy atom. The fourth-order valence-corrected chi connectivity index (χ4v) is 4.85. The SMILES string of the molecule is CCn1c(SCc2c(Cl)cccc2Cl)nnc1C(C)Oc1ccc(C(C)(C)C)cc1. The van der Waals surface area contributed by atoms with Crippen LogP contribution in [0.1, 0.15) is 57.7 Å². The van der Waals surface area contributed by atoms with Gasteiger partial charge in [-0.3, -0.25) is 0 Å². The van der Waals surface area contributed by atoms with Gasteiger partial charge < -0.3 is 9.30 Å². The first-order valence-corrected chi connectivity index (χ1v) is 11.7. The van der Waals surface area contributed by atoms with E-state index in [0.29, 0.717) is 15.8 Å². The molecule has 0 saturated heterocycles. The number of hydrogen-bond donors (Lipinski definition) is 0. The molecule has 0 N–H and O–H groups in total. The monoisotopic (exact) mass is 463 g/mol. The summed E-state index contributed by atoms with van der Waals surface area (Å²) in [5.74, 6) is 2.24. The third-order valence-electron chi connectivity index (χ3n) is 4.87. The first-order valence-electron chi connectivity index (χ1n) is 9.96. The van der Waals surface area contributed by atoms with Crippen LogP contribution >= 0.6 is 35.0 Å². The van der Waals surface area contributed by atoms with Gasteiger partial charge in [0.1, 0.15) is 5.75 Å². The van der Waals surface area contributed by atoms with Gasteiger partial charge in [0.25, 0.3) is 0 Å². The molecule has 0 bridgehead atoms. The zero-order valence-corrected chi connectivity index (χ0v) is 20.3. The number of thioether (sulfide) groups is 1. The second kappa shape index (κ2) is 9.63. The molecule has 0 saturated carbocycles. The van der Waals surface area contributed by atoms with E-state index in [1.54, 1.807) is 11.8 Å². The van der Waals surface area contributed by atoms with E-state index < -0.39 is 0 Å². The van der Waals surface area contributed by atoms with Crippen LogP contribution in [0.5, 0.6) is 5.75 Å². The van der Waals surface area contributed by atoms with Crippen molar-refractivity contribution in [1.29, 1.82) is 0 Å². The molecule has 0 aliphatic carbocycles. The molecule has 30 heavy (non-hydrogen) atoms. The lowest BCUT2D eigenvalue weighted by Gasteiger charge is -2.20. The predicted octanol–water partition coefficient (Wildman–Crippen LogP) is 7.33. The maximum absolute atomic E-state index is 6.29. The minimum Gasteiger partial charge on any atom is -0.483 e. The van der Waals surface area contributed by atoms with Crippen LogP contribution in [-0.2, 0) is 17.7 Å². The average Bonchev–Trinajstić information content (AvgIpc) is 3.10. The smallest absolute Gasteiger partial charge is 0.191 e. The van der Waals surface area contributed by atoms with Crippen molar-refractivity contribution in [3.63, 3.8) is 0 Å². The molecule has 0 fully saturated rings. The van der Waals surface area contributed by atoms with Crippen molar-refractivity contribution in [1.82, 2.24) is 14.8 Å². The second-order valence-corrected chi connectivity index (χ2v) is 9.87. The van der Waals surface area contributed by atoms with E-state index in [0.717, 1.165) is 28.8 Å². The van der Waals surface area contributed by atoms with Crippen molar-refractivity contribution in [2.45, 2.75) is 63.6 Å². The van der Waals surface area contributed by atoms with E-state index in [-0.39, 0.29) is 11.5 Å². The fraction of sp³-hybridized carbons (Fsp3) is 0.391. The summed E-state index contributed by atoms with van der Waals surface area (Å²) >= 11 is 14.2. The first kappa shape index (κ1) is 23.0. The highest BCUT2D eigenvalue weighted by atomic mass is 35.5. The Hall–Kier alpha value is -1.69. The zero-order chi connectivity index (χ0) is 21.9. The molecule has 0 aliphatic heterocycles. The summed E-state index contributed by atoms with van der Waals surface area (Å²) in [6, 6.07) is 13.8. The number of aromatic nitrogens is 3. The van der Waals surface area contributed by atoms with Crippen LogP contribution in [0.4, 0.5) is 0 Å². The van der Waals surface area contributed by atoms with Crippen LogP contribution in [0.25, 0.3) is 0 Å². The number of rotatable bonds is 7. The van der Waals surface area contributed by atoms with Crippen molar-refractivity contribution in [2.24, 2.45) is 0 Å². The lowest BCUT2D eigenvalue weighted by Crippen LogP contribution is -2.13. The van der Waals surface area contributed by atoms with Gasteiger partial charge in [0.2, 0.25) is 0 Å². The quantitative estimate of drug-likeness (QED) is 0.343. The van der Waals surface area contributed by atoms with Gasteiger partial charge in [-0.2, -0.15) is 0 Å². The first-order chi connectivity index (χ1) is 14.2. The van der Waals surface area contributed by atoms with Crippen molar-refractivity contribution in [3.05, 3.63) is 69.5 Å². The summed E-state index contributed by atoms with van der Waals surface area (Å²) < 4.78 is 8.22. The molecule has 0 aliphatic rings. The number of hydrogen-bond acceptors (Lipinski definition) is 4. The number of ether oxygens (including phenoxy) is 1. The number of benzene rings is 2. The van der Waals surface area contributed by atoms with E-state index in [2.05, 4.69) is 54.6 Å². The molecule has 3 rings (SSSR count). The van der Waals surface area contributed by atoms with Gasteiger partial charge in [0.05, 0.1) is 0 Å². The maximum Gasteiger partial charge on any atom is 0.191 e. The van der Waals surface area contributed by atoms with Gasteiger partial charge in [-0.05, 0) is 54.7 Å².